The molecule has 3 N–H and O–H groups in total. The first-order valence-electron chi connectivity index (χ1n) is 6.24. The van der Waals surface area contributed by atoms with Crippen LogP contribution in [0.2, 0.25) is 0 Å². The van der Waals surface area contributed by atoms with Crippen LogP contribution in [0.1, 0.15) is 31.4 Å². The highest BCUT2D eigenvalue weighted by Gasteiger charge is 2.41. The van der Waals surface area contributed by atoms with Gasteiger partial charge in [-0.05, 0) is 25.7 Å². The van der Waals surface area contributed by atoms with Gasteiger partial charge in [-0.25, -0.2) is 9.97 Å². The van der Waals surface area contributed by atoms with Gasteiger partial charge in [-0.1, -0.05) is 12.2 Å². The van der Waals surface area contributed by atoms with Crippen molar-refractivity contribution in [3.8, 4) is 0 Å². The molecule has 6 heteroatoms. The SMILES string of the molecule is NC(=S)c1nccnc1N1C2CCC1CC(O)C2. The number of aliphatic hydroxyl groups is 1. The van der Waals surface area contributed by atoms with E-state index in [0.29, 0.717) is 17.8 Å². The Hall–Kier alpha value is -1.27. The molecule has 5 nitrogen and oxygen atoms in total. The van der Waals surface area contributed by atoms with E-state index in [9.17, 15) is 5.11 Å². The van der Waals surface area contributed by atoms with Crippen LogP contribution in [0.25, 0.3) is 0 Å². The van der Waals surface area contributed by atoms with Gasteiger partial charge in [0.15, 0.2) is 5.82 Å². The summed E-state index contributed by atoms with van der Waals surface area (Å²) in [6.07, 6.45) is 6.86. The second-order valence-electron chi connectivity index (χ2n) is 5.01. The molecule has 2 aliphatic heterocycles. The van der Waals surface area contributed by atoms with Crippen LogP contribution >= 0.6 is 12.2 Å². The van der Waals surface area contributed by atoms with Crippen molar-refractivity contribution < 1.29 is 5.11 Å². The number of thiocarbonyl (C=S) groups is 1. The minimum atomic E-state index is -0.191. The van der Waals surface area contributed by atoms with Crippen molar-refractivity contribution in [3.63, 3.8) is 0 Å². The lowest BCUT2D eigenvalue weighted by molar-refractivity contribution is 0.126. The first kappa shape index (κ1) is 11.8. The summed E-state index contributed by atoms with van der Waals surface area (Å²) >= 11 is 5.04. The fourth-order valence-electron chi connectivity index (χ4n) is 3.19. The predicted molar refractivity (Wildman–Crippen MR) is 72.4 cm³/mol. The summed E-state index contributed by atoms with van der Waals surface area (Å²) in [5, 5.41) is 9.82. The molecular weight excluding hydrogens is 248 g/mol. The number of anilines is 1. The zero-order valence-electron chi connectivity index (χ0n) is 9.99. The highest BCUT2D eigenvalue weighted by atomic mass is 32.1. The van der Waals surface area contributed by atoms with Gasteiger partial charge in [-0.15, -0.1) is 0 Å². The van der Waals surface area contributed by atoms with E-state index in [0.717, 1.165) is 31.5 Å². The Kier molecular flexibility index (Phi) is 2.91. The van der Waals surface area contributed by atoms with Gasteiger partial charge in [-0.2, -0.15) is 0 Å². The van der Waals surface area contributed by atoms with Crippen molar-refractivity contribution in [1.82, 2.24) is 9.97 Å². The minimum Gasteiger partial charge on any atom is -0.393 e. The normalized spacial score (nSPS) is 30.5. The summed E-state index contributed by atoms with van der Waals surface area (Å²) in [6, 6.07) is 0.673. The fraction of sp³-hybridized carbons (Fsp3) is 0.583. The Balaban J connectivity index is 1.99. The van der Waals surface area contributed by atoms with E-state index in [4.69, 9.17) is 18.0 Å². The van der Waals surface area contributed by atoms with E-state index in [1.54, 1.807) is 12.4 Å². The maximum absolute atomic E-state index is 9.82. The smallest absolute Gasteiger partial charge is 0.158 e. The Labute approximate surface area is 111 Å². The molecule has 3 rings (SSSR count). The number of aromatic nitrogens is 2. The van der Waals surface area contributed by atoms with Crippen LogP contribution in [0.3, 0.4) is 0 Å². The van der Waals surface area contributed by atoms with E-state index in [1.807, 2.05) is 0 Å². The molecule has 0 aromatic carbocycles. The first-order chi connectivity index (χ1) is 8.66. The molecule has 0 amide bonds. The van der Waals surface area contributed by atoms with Gasteiger partial charge in [0, 0.05) is 24.5 Å². The highest BCUT2D eigenvalue weighted by molar-refractivity contribution is 7.80. The van der Waals surface area contributed by atoms with Crippen molar-refractivity contribution in [2.75, 3.05) is 4.90 Å². The molecule has 2 atom stereocenters. The van der Waals surface area contributed by atoms with Gasteiger partial charge in [0.05, 0.1) is 6.10 Å². The van der Waals surface area contributed by atoms with Crippen LogP contribution in [-0.4, -0.2) is 38.3 Å². The third kappa shape index (κ3) is 1.85. The number of hydrogen-bond acceptors (Lipinski definition) is 5. The van der Waals surface area contributed by atoms with Crippen LogP contribution in [0.5, 0.6) is 0 Å². The highest BCUT2D eigenvalue weighted by Crippen LogP contribution is 2.39. The molecule has 0 saturated carbocycles. The topological polar surface area (TPSA) is 75.3 Å². The van der Waals surface area contributed by atoms with E-state index < -0.39 is 0 Å². The second-order valence-corrected chi connectivity index (χ2v) is 5.45. The van der Waals surface area contributed by atoms with Gasteiger partial charge in [0.2, 0.25) is 0 Å². The monoisotopic (exact) mass is 264 g/mol. The van der Waals surface area contributed by atoms with Gasteiger partial charge < -0.3 is 15.7 Å². The number of piperidine rings is 1. The molecule has 2 fully saturated rings. The summed E-state index contributed by atoms with van der Waals surface area (Å²) in [7, 11) is 0. The Morgan fingerprint density at radius 2 is 1.89 bits per heavy atom. The molecule has 0 spiro atoms. The lowest BCUT2D eigenvalue weighted by Gasteiger charge is -2.38. The Morgan fingerprint density at radius 1 is 1.28 bits per heavy atom. The molecule has 1 aromatic rings. The minimum absolute atomic E-state index is 0.191. The lowest BCUT2D eigenvalue weighted by atomic mass is 10.00. The van der Waals surface area contributed by atoms with E-state index in [1.165, 1.54) is 0 Å². The van der Waals surface area contributed by atoms with Gasteiger partial charge >= 0.3 is 0 Å². The number of aliphatic hydroxyl groups excluding tert-OH is 1. The zero-order chi connectivity index (χ0) is 12.7. The molecule has 96 valence electrons. The second kappa shape index (κ2) is 4.44. The van der Waals surface area contributed by atoms with Crippen LogP contribution < -0.4 is 10.6 Å². The van der Waals surface area contributed by atoms with Crippen molar-refractivity contribution in [2.24, 2.45) is 5.73 Å². The molecule has 2 bridgehead atoms. The molecule has 0 aliphatic carbocycles. The Morgan fingerprint density at radius 3 is 2.50 bits per heavy atom. The molecule has 2 saturated heterocycles. The third-order valence-electron chi connectivity index (χ3n) is 3.87. The maximum atomic E-state index is 9.82. The third-order valence-corrected chi connectivity index (χ3v) is 4.06. The average Bonchev–Trinajstić information content (AvgIpc) is 2.61. The maximum Gasteiger partial charge on any atom is 0.158 e. The lowest BCUT2D eigenvalue weighted by Crippen LogP contribution is -2.46. The number of nitrogens with two attached hydrogens (primary N) is 1. The van der Waals surface area contributed by atoms with Gasteiger partial charge in [0.1, 0.15) is 10.7 Å². The summed E-state index contributed by atoms with van der Waals surface area (Å²) in [4.78, 5) is 11.2. The molecule has 2 aliphatic rings. The molecule has 3 heterocycles. The summed E-state index contributed by atoms with van der Waals surface area (Å²) in [6.45, 7) is 0. The molecule has 2 unspecified atom stereocenters. The van der Waals surface area contributed by atoms with E-state index in [-0.39, 0.29) is 11.1 Å². The molecule has 1 aromatic heterocycles. The number of hydrogen-bond donors (Lipinski definition) is 2. The van der Waals surface area contributed by atoms with E-state index >= 15 is 0 Å². The number of rotatable bonds is 2. The van der Waals surface area contributed by atoms with Crippen LogP contribution in [-0.2, 0) is 0 Å². The summed E-state index contributed by atoms with van der Waals surface area (Å²) in [5.41, 5.74) is 6.31. The summed E-state index contributed by atoms with van der Waals surface area (Å²) < 4.78 is 0. The van der Waals surface area contributed by atoms with Gasteiger partial charge in [0.25, 0.3) is 0 Å². The molecular formula is C12H16N4OS. The van der Waals surface area contributed by atoms with Crippen molar-refractivity contribution in [1.29, 1.82) is 0 Å². The van der Waals surface area contributed by atoms with E-state index in [2.05, 4.69) is 14.9 Å². The quantitative estimate of drug-likeness (QED) is 0.762. The average molecular weight is 264 g/mol. The van der Waals surface area contributed by atoms with Gasteiger partial charge in [-0.3, -0.25) is 0 Å². The van der Waals surface area contributed by atoms with Crippen LogP contribution in [0.15, 0.2) is 12.4 Å². The van der Waals surface area contributed by atoms with Crippen molar-refractivity contribution in [2.45, 2.75) is 43.9 Å². The molecule has 0 radical (unpaired) electrons. The summed E-state index contributed by atoms with van der Waals surface area (Å²) in [5.74, 6) is 0.782. The number of nitrogens with zero attached hydrogens (tertiary/aromatic N) is 3. The molecule has 18 heavy (non-hydrogen) atoms. The first-order valence-corrected chi connectivity index (χ1v) is 6.65. The predicted octanol–water partition coefficient (Wildman–Crippen LogP) is 0.603. The van der Waals surface area contributed by atoms with Crippen molar-refractivity contribution in [3.05, 3.63) is 18.1 Å². The Bertz CT molecular complexity index is 467. The number of fused-ring (bicyclic) bond motifs is 2. The van der Waals surface area contributed by atoms with Crippen molar-refractivity contribution >= 4 is 23.0 Å². The standard InChI is InChI=1S/C12H16N4OS/c13-11(18)10-12(15-4-3-14-10)16-7-1-2-8(16)6-9(17)5-7/h3-4,7-9,17H,1-2,5-6H2,(H2,13,18). The van der Waals surface area contributed by atoms with Crippen LogP contribution in [0, 0.1) is 0 Å². The van der Waals surface area contributed by atoms with Crippen LogP contribution in [0.4, 0.5) is 5.82 Å². The fourth-order valence-corrected chi connectivity index (χ4v) is 3.33. The largest absolute Gasteiger partial charge is 0.393 e. The zero-order valence-corrected chi connectivity index (χ0v) is 10.8.